The van der Waals surface area contributed by atoms with Crippen molar-refractivity contribution >= 4 is 39.2 Å². The zero-order chi connectivity index (χ0) is 18.0. The largest absolute Gasteiger partial charge is 0.465 e. The molecule has 0 aliphatic heterocycles. The molecule has 0 saturated carbocycles. The van der Waals surface area contributed by atoms with Crippen LogP contribution in [0.2, 0.25) is 0 Å². The van der Waals surface area contributed by atoms with Gasteiger partial charge in [0.15, 0.2) is 0 Å². The van der Waals surface area contributed by atoms with Gasteiger partial charge in [-0.1, -0.05) is 25.1 Å². The number of thiophene rings is 1. The lowest BCUT2D eigenvalue weighted by Crippen LogP contribution is -2.21. The molecule has 3 aromatic rings. The Morgan fingerprint density at radius 2 is 2.00 bits per heavy atom. The van der Waals surface area contributed by atoms with Crippen LogP contribution in [0.15, 0.2) is 40.8 Å². The van der Waals surface area contributed by atoms with Gasteiger partial charge in [0, 0.05) is 10.3 Å². The van der Waals surface area contributed by atoms with E-state index < -0.39 is 11.9 Å². The van der Waals surface area contributed by atoms with Crippen molar-refractivity contribution in [1.29, 1.82) is 5.41 Å². The van der Waals surface area contributed by atoms with Crippen LogP contribution in [0.5, 0.6) is 0 Å². The number of esters is 1. The minimum absolute atomic E-state index is 0.0981. The van der Waals surface area contributed by atoms with Crippen molar-refractivity contribution in [3.8, 4) is 0 Å². The number of benzene rings is 1. The summed E-state index contributed by atoms with van der Waals surface area (Å²) < 4.78 is 10.2. The lowest BCUT2D eigenvalue weighted by atomic mass is 10.1. The Kier molecular flexibility index (Phi) is 4.67. The smallest absolute Gasteiger partial charge is 0.340 e. The number of anilines is 1. The Morgan fingerprint density at radius 3 is 2.72 bits per heavy atom. The molecule has 0 saturated heterocycles. The molecule has 1 amide bonds. The number of ether oxygens (including phenoxy) is 1. The van der Waals surface area contributed by atoms with Gasteiger partial charge in [-0.25, -0.2) is 4.79 Å². The first kappa shape index (κ1) is 16.9. The summed E-state index contributed by atoms with van der Waals surface area (Å²) in [6, 6.07) is 10.5. The molecule has 0 aliphatic carbocycles. The van der Waals surface area contributed by atoms with Gasteiger partial charge in [-0.05, 0) is 24.6 Å². The van der Waals surface area contributed by atoms with E-state index in [4.69, 9.17) is 14.6 Å². The van der Waals surface area contributed by atoms with Crippen molar-refractivity contribution in [2.45, 2.75) is 13.3 Å². The third kappa shape index (κ3) is 3.32. The molecule has 1 aromatic carbocycles. The molecule has 3 rings (SSSR count). The number of hydrogen-bond acceptors (Lipinski definition) is 6. The van der Waals surface area contributed by atoms with E-state index in [9.17, 15) is 9.59 Å². The number of amides is 1. The highest BCUT2D eigenvalue weighted by atomic mass is 32.1. The number of rotatable bonds is 4. The molecule has 0 bridgehead atoms. The molecule has 2 N–H and O–H groups in total. The van der Waals surface area contributed by atoms with Crippen LogP contribution in [0.25, 0.3) is 11.0 Å². The molecule has 0 aliphatic rings. The zero-order valence-electron chi connectivity index (χ0n) is 13.7. The standard InChI is InChI=1S/C18H16N2O4S/c1-3-11-9-13(18(22)23-2)17(25-11)20-16(21)12-8-10-6-4-5-7-14(10)24-15(12)19/h4-9,19H,3H2,1-2H3,(H,20,21). The van der Waals surface area contributed by atoms with Crippen molar-refractivity contribution < 1.29 is 18.7 Å². The lowest BCUT2D eigenvalue weighted by molar-refractivity contribution is 0.0602. The van der Waals surface area contributed by atoms with Crippen molar-refractivity contribution in [3.63, 3.8) is 0 Å². The summed E-state index contributed by atoms with van der Waals surface area (Å²) in [5.41, 5.74) is 0.703. The van der Waals surface area contributed by atoms with Gasteiger partial charge in [-0.15, -0.1) is 11.3 Å². The molecule has 7 heteroatoms. The molecule has 2 heterocycles. The van der Waals surface area contributed by atoms with Crippen molar-refractivity contribution in [3.05, 3.63) is 58.0 Å². The summed E-state index contributed by atoms with van der Waals surface area (Å²) in [5.74, 6) is -1.02. The van der Waals surface area contributed by atoms with Gasteiger partial charge in [0.25, 0.3) is 5.91 Å². The molecule has 6 nitrogen and oxygen atoms in total. The molecule has 0 unspecified atom stereocenters. The van der Waals surface area contributed by atoms with Crippen LogP contribution in [-0.2, 0) is 11.2 Å². The first-order valence-electron chi connectivity index (χ1n) is 7.63. The van der Waals surface area contributed by atoms with Gasteiger partial charge in [-0.3, -0.25) is 10.2 Å². The van der Waals surface area contributed by atoms with Crippen LogP contribution in [0.3, 0.4) is 0 Å². The summed E-state index contributed by atoms with van der Waals surface area (Å²) in [7, 11) is 1.29. The van der Waals surface area contributed by atoms with Crippen LogP contribution in [-0.4, -0.2) is 19.0 Å². The highest BCUT2D eigenvalue weighted by molar-refractivity contribution is 7.16. The van der Waals surface area contributed by atoms with E-state index in [0.717, 1.165) is 16.7 Å². The number of aryl methyl sites for hydroxylation is 1. The quantitative estimate of drug-likeness (QED) is 0.699. The average Bonchev–Trinajstić information content (AvgIpc) is 3.03. The van der Waals surface area contributed by atoms with Crippen LogP contribution in [0.4, 0.5) is 5.00 Å². The predicted molar refractivity (Wildman–Crippen MR) is 95.1 cm³/mol. The molecule has 0 radical (unpaired) electrons. The fourth-order valence-electron chi connectivity index (χ4n) is 2.39. The van der Waals surface area contributed by atoms with E-state index in [0.29, 0.717) is 16.1 Å². The van der Waals surface area contributed by atoms with E-state index in [2.05, 4.69) is 5.32 Å². The summed E-state index contributed by atoms with van der Waals surface area (Å²) in [5, 5.41) is 11.8. The second kappa shape index (κ2) is 6.90. The van der Waals surface area contributed by atoms with E-state index in [1.54, 1.807) is 30.3 Å². The van der Waals surface area contributed by atoms with Gasteiger partial charge >= 0.3 is 5.97 Å². The summed E-state index contributed by atoms with van der Waals surface area (Å²) in [6.45, 7) is 1.96. The average molecular weight is 356 g/mol. The third-order valence-corrected chi connectivity index (χ3v) is 4.88. The van der Waals surface area contributed by atoms with Gasteiger partial charge < -0.3 is 14.5 Å². The number of nitrogens with one attached hydrogen (secondary N) is 2. The Bertz CT molecular complexity index is 1020. The Hall–Kier alpha value is -2.93. The maximum Gasteiger partial charge on any atom is 0.340 e. The minimum atomic E-state index is -0.513. The second-order valence-electron chi connectivity index (χ2n) is 5.28. The molecule has 0 atom stereocenters. The normalized spacial score (nSPS) is 10.6. The Balaban J connectivity index is 1.98. The number of para-hydroxylation sites is 1. The Morgan fingerprint density at radius 1 is 1.24 bits per heavy atom. The molecule has 0 fully saturated rings. The van der Waals surface area contributed by atoms with Crippen LogP contribution in [0, 0.1) is 5.41 Å². The highest BCUT2D eigenvalue weighted by Crippen LogP contribution is 2.29. The summed E-state index contributed by atoms with van der Waals surface area (Å²) >= 11 is 1.31. The first-order chi connectivity index (χ1) is 12.0. The fourth-order valence-corrected chi connectivity index (χ4v) is 3.37. The van der Waals surface area contributed by atoms with Crippen LogP contribution in [0.1, 0.15) is 32.5 Å². The lowest BCUT2D eigenvalue weighted by Gasteiger charge is -2.06. The molecule has 25 heavy (non-hydrogen) atoms. The van der Waals surface area contributed by atoms with E-state index in [1.165, 1.54) is 18.4 Å². The maximum atomic E-state index is 12.6. The number of fused-ring (bicyclic) bond motifs is 1. The van der Waals surface area contributed by atoms with E-state index >= 15 is 0 Å². The number of methoxy groups -OCH3 is 1. The number of carbonyl (C=O) groups excluding carboxylic acids is 2. The van der Waals surface area contributed by atoms with Gasteiger partial charge in [0.2, 0.25) is 5.55 Å². The highest BCUT2D eigenvalue weighted by Gasteiger charge is 2.20. The number of hydrogen-bond donors (Lipinski definition) is 2. The number of carbonyl (C=O) groups is 2. The fraction of sp³-hybridized carbons (Fsp3) is 0.167. The van der Waals surface area contributed by atoms with E-state index in [-0.39, 0.29) is 11.1 Å². The van der Waals surface area contributed by atoms with Gasteiger partial charge in [0.1, 0.15) is 16.1 Å². The SMILES string of the molecule is CCc1cc(C(=O)OC)c(NC(=O)c2cc3ccccc3oc2=N)s1. The maximum absolute atomic E-state index is 12.6. The monoisotopic (exact) mass is 356 g/mol. The first-order valence-corrected chi connectivity index (χ1v) is 8.45. The molecule has 2 aromatic heterocycles. The second-order valence-corrected chi connectivity index (χ2v) is 6.42. The van der Waals surface area contributed by atoms with Gasteiger partial charge in [-0.2, -0.15) is 0 Å². The third-order valence-electron chi connectivity index (χ3n) is 3.68. The molecule has 0 spiro atoms. The van der Waals surface area contributed by atoms with Gasteiger partial charge in [0.05, 0.1) is 12.7 Å². The van der Waals surface area contributed by atoms with Crippen LogP contribution >= 0.6 is 11.3 Å². The predicted octanol–water partition coefficient (Wildman–Crippen LogP) is 3.58. The van der Waals surface area contributed by atoms with Crippen molar-refractivity contribution in [1.82, 2.24) is 0 Å². The molecular formula is C18H16N2O4S. The molecule has 128 valence electrons. The minimum Gasteiger partial charge on any atom is -0.465 e. The molecular weight excluding hydrogens is 340 g/mol. The van der Waals surface area contributed by atoms with Crippen molar-refractivity contribution in [2.24, 2.45) is 0 Å². The van der Waals surface area contributed by atoms with Crippen LogP contribution < -0.4 is 10.9 Å². The summed E-state index contributed by atoms with van der Waals surface area (Å²) in [6.07, 6.45) is 0.736. The van der Waals surface area contributed by atoms with Crippen molar-refractivity contribution in [2.75, 3.05) is 12.4 Å². The Labute approximate surface area is 147 Å². The zero-order valence-corrected chi connectivity index (χ0v) is 14.5. The van der Waals surface area contributed by atoms with E-state index in [1.807, 2.05) is 13.0 Å². The summed E-state index contributed by atoms with van der Waals surface area (Å²) in [4.78, 5) is 25.5. The topological polar surface area (TPSA) is 92.4 Å².